The molecule has 4 atom stereocenters. The molecule has 0 radical (unpaired) electrons. The molecule has 0 bridgehead atoms. The van der Waals surface area contributed by atoms with Crippen molar-refractivity contribution in [3.8, 4) is 5.88 Å². The van der Waals surface area contributed by atoms with Crippen LogP contribution in [-0.2, 0) is 40.1 Å². The number of carboxylic acid groups (broad SMARTS) is 2. The second kappa shape index (κ2) is 13.4. The molecule has 0 spiro atoms. The number of rotatable bonds is 12. The van der Waals surface area contributed by atoms with Crippen LogP contribution in [0.25, 0.3) is 12.2 Å². The van der Waals surface area contributed by atoms with Crippen molar-refractivity contribution in [2.45, 2.75) is 91.4 Å². The second-order valence-corrected chi connectivity index (χ2v) is 12.8. The summed E-state index contributed by atoms with van der Waals surface area (Å²) in [5.41, 5.74) is 7.97. The van der Waals surface area contributed by atoms with Gasteiger partial charge in [0.15, 0.2) is 5.88 Å². The van der Waals surface area contributed by atoms with Crippen LogP contribution in [0.4, 0.5) is 0 Å². The highest BCUT2D eigenvalue weighted by atomic mass is 32.1. The van der Waals surface area contributed by atoms with Gasteiger partial charge in [0.2, 0.25) is 5.91 Å². The minimum Gasteiger partial charge on any atom is -0.494 e. The third-order valence-corrected chi connectivity index (χ3v) is 9.56. The molecule has 238 valence electrons. The predicted molar refractivity (Wildman–Crippen MR) is 173 cm³/mol. The number of aromatic nitrogens is 3. The van der Waals surface area contributed by atoms with E-state index in [-0.39, 0.29) is 47.8 Å². The fourth-order valence-electron chi connectivity index (χ4n) is 6.62. The van der Waals surface area contributed by atoms with E-state index in [4.69, 9.17) is 0 Å². The van der Waals surface area contributed by atoms with Gasteiger partial charge < -0.3 is 35.6 Å². The van der Waals surface area contributed by atoms with Crippen LogP contribution >= 0.6 is 12.6 Å². The van der Waals surface area contributed by atoms with Crippen molar-refractivity contribution in [3.05, 3.63) is 61.2 Å². The van der Waals surface area contributed by atoms with Crippen molar-refractivity contribution >= 4 is 42.6 Å². The van der Waals surface area contributed by atoms with Crippen molar-refractivity contribution in [1.29, 1.82) is 0 Å². The lowest BCUT2D eigenvalue weighted by Gasteiger charge is -2.21. The summed E-state index contributed by atoms with van der Waals surface area (Å²) in [6, 6.07) is -0.235. The first-order valence-electron chi connectivity index (χ1n) is 15.2. The molecule has 1 aliphatic heterocycles. The van der Waals surface area contributed by atoms with Gasteiger partial charge in [-0.1, -0.05) is 20.8 Å². The molecule has 3 aromatic rings. The topological polar surface area (TPSA) is 171 Å². The Morgan fingerprint density at radius 3 is 2.07 bits per heavy atom. The molecule has 7 N–H and O–H groups in total. The summed E-state index contributed by atoms with van der Waals surface area (Å²) in [6.07, 6.45) is 5.64. The molecule has 11 heteroatoms. The highest BCUT2D eigenvalue weighted by molar-refractivity contribution is 7.80. The highest BCUT2D eigenvalue weighted by Gasteiger charge is 2.40. The molecule has 1 fully saturated rings. The third kappa shape index (κ3) is 6.77. The molecular formula is C33H44N4O6S. The maximum absolute atomic E-state index is 12.5. The largest absolute Gasteiger partial charge is 0.494 e. The molecule has 3 aromatic heterocycles. The Labute approximate surface area is 262 Å². The zero-order valence-electron chi connectivity index (χ0n) is 26.2. The number of carbonyl (C=O) groups is 3. The minimum atomic E-state index is -0.904. The lowest BCUT2D eigenvalue weighted by molar-refractivity contribution is -0.138. The average Bonchev–Trinajstić information content (AvgIpc) is 3.59. The number of aromatic hydroxyl groups is 1. The van der Waals surface area contributed by atoms with E-state index in [1.165, 1.54) is 0 Å². The number of carboxylic acids is 2. The predicted octanol–water partition coefficient (Wildman–Crippen LogP) is 3.17. The summed E-state index contributed by atoms with van der Waals surface area (Å²) in [7, 11) is 0. The summed E-state index contributed by atoms with van der Waals surface area (Å²) >= 11 is 4.65. The standard InChI is InChI=1S/C33H44N4O6S/c1-7-20-15(2)25(36-33(20)43)12-23-16(3)21(8-10-29(38)39)26(34-23)14-27-22(9-11-30(40)41)17(4)24(35-27)13-28-31(19(6)44)18(5)32(42)37-28/h13-14,18-19,28,31,34-36,43-44H,7-12H2,1-6H3,(H,37,42)(H,38,39)(H,40,41)/b24-13-,27-14-/t18-,19-,28?,31+/m1/s1. The molecular weight excluding hydrogens is 580 g/mol. The van der Waals surface area contributed by atoms with Gasteiger partial charge in [-0.3, -0.25) is 14.4 Å². The average molecular weight is 625 g/mol. The van der Waals surface area contributed by atoms with Gasteiger partial charge in [-0.05, 0) is 80.0 Å². The van der Waals surface area contributed by atoms with E-state index in [1.54, 1.807) is 0 Å². The van der Waals surface area contributed by atoms with Gasteiger partial charge >= 0.3 is 11.9 Å². The number of amides is 1. The fourth-order valence-corrected chi connectivity index (χ4v) is 7.07. The smallest absolute Gasteiger partial charge is 0.303 e. The second-order valence-electron chi connectivity index (χ2n) is 12.0. The Morgan fingerprint density at radius 1 is 0.909 bits per heavy atom. The maximum atomic E-state index is 12.5. The van der Waals surface area contributed by atoms with E-state index in [2.05, 4.69) is 32.9 Å². The van der Waals surface area contributed by atoms with Gasteiger partial charge in [-0.2, -0.15) is 12.6 Å². The van der Waals surface area contributed by atoms with Crippen molar-refractivity contribution < 1.29 is 29.7 Å². The van der Waals surface area contributed by atoms with Crippen molar-refractivity contribution in [3.63, 3.8) is 0 Å². The number of hydrogen-bond acceptors (Lipinski definition) is 5. The lowest BCUT2D eigenvalue weighted by Crippen LogP contribution is -2.32. The zero-order valence-corrected chi connectivity index (χ0v) is 27.1. The van der Waals surface area contributed by atoms with Crippen molar-refractivity contribution in [2.24, 2.45) is 11.8 Å². The molecule has 0 saturated carbocycles. The van der Waals surface area contributed by atoms with Crippen molar-refractivity contribution in [2.75, 3.05) is 0 Å². The van der Waals surface area contributed by atoms with Gasteiger partial charge in [0.25, 0.3) is 0 Å². The number of H-pyrrole nitrogens is 3. The summed E-state index contributed by atoms with van der Waals surface area (Å²) in [5.74, 6) is -1.85. The monoisotopic (exact) mass is 624 g/mol. The van der Waals surface area contributed by atoms with Gasteiger partial charge in [0.05, 0.1) is 6.04 Å². The summed E-state index contributed by atoms with van der Waals surface area (Å²) in [4.78, 5) is 45.7. The number of aromatic amines is 3. The summed E-state index contributed by atoms with van der Waals surface area (Å²) < 4.78 is 0. The van der Waals surface area contributed by atoms with Crippen LogP contribution in [0.1, 0.15) is 84.1 Å². The van der Waals surface area contributed by atoms with E-state index in [0.29, 0.717) is 25.7 Å². The quantitative estimate of drug-likeness (QED) is 0.144. The van der Waals surface area contributed by atoms with Crippen LogP contribution in [0.5, 0.6) is 5.88 Å². The van der Waals surface area contributed by atoms with Crippen LogP contribution in [0.15, 0.2) is 0 Å². The Hall–Kier alpha value is -3.86. The normalized spacial score (nSPS) is 20.0. The van der Waals surface area contributed by atoms with Gasteiger partial charge in [0, 0.05) is 69.7 Å². The molecule has 44 heavy (non-hydrogen) atoms. The van der Waals surface area contributed by atoms with Crippen LogP contribution in [0, 0.1) is 32.6 Å². The molecule has 4 rings (SSSR count). The van der Waals surface area contributed by atoms with Gasteiger partial charge in [-0.25, -0.2) is 0 Å². The van der Waals surface area contributed by atoms with Crippen LogP contribution in [0.2, 0.25) is 0 Å². The van der Waals surface area contributed by atoms with E-state index >= 15 is 0 Å². The molecule has 0 aliphatic carbocycles. The number of carbonyl (C=O) groups excluding carboxylic acids is 1. The lowest BCUT2D eigenvalue weighted by atomic mass is 9.88. The van der Waals surface area contributed by atoms with E-state index < -0.39 is 11.9 Å². The first kappa shape index (κ1) is 33.0. The minimum absolute atomic E-state index is 0.0104. The number of aliphatic carboxylic acids is 2. The zero-order chi connectivity index (χ0) is 32.5. The van der Waals surface area contributed by atoms with E-state index in [0.717, 1.165) is 61.2 Å². The van der Waals surface area contributed by atoms with Crippen LogP contribution < -0.4 is 16.0 Å². The fraction of sp³-hybridized carbons (Fsp3) is 0.485. The molecule has 1 saturated heterocycles. The molecule has 4 heterocycles. The SMILES string of the molecule is CCc1c(O)[nH]c(Cc2[nH]c(/C=c3\[nH]/c(=C\C4NC(=O)[C@H](C)[C@H]4[C@@H](C)S)c(C)c3CCC(=O)O)c(CCC(=O)O)c2C)c1C. The molecule has 1 amide bonds. The summed E-state index contributed by atoms with van der Waals surface area (Å²) in [5, 5.41) is 33.9. The van der Waals surface area contributed by atoms with Gasteiger partial charge in [-0.15, -0.1) is 0 Å². The number of hydrogen-bond donors (Lipinski definition) is 8. The Kier molecular flexibility index (Phi) is 10.1. The third-order valence-electron chi connectivity index (χ3n) is 9.22. The Balaban J connectivity index is 1.86. The van der Waals surface area contributed by atoms with E-state index in [1.807, 2.05) is 53.7 Å². The van der Waals surface area contributed by atoms with Crippen LogP contribution in [-0.4, -0.2) is 59.4 Å². The molecule has 1 aliphatic rings. The number of thiol groups is 1. The molecule has 10 nitrogen and oxygen atoms in total. The number of nitrogens with one attached hydrogen (secondary N) is 4. The Bertz CT molecular complexity index is 1700. The highest BCUT2D eigenvalue weighted by Crippen LogP contribution is 2.31. The van der Waals surface area contributed by atoms with E-state index in [9.17, 15) is 29.7 Å². The van der Waals surface area contributed by atoms with Crippen molar-refractivity contribution in [1.82, 2.24) is 20.3 Å². The maximum Gasteiger partial charge on any atom is 0.303 e. The first-order valence-corrected chi connectivity index (χ1v) is 15.7. The van der Waals surface area contributed by atoms with Gasteiger partial charge in [0.1, 0.15) is 0 Å². The summed E-state index contributed by atoms with van der Waals surface area (Å²) in [6.45, 7) is 11.8. The molecule has 1 unspecified atom stereocenters. The first-order chi connectivity index (χ1) is 20.7. The van der Waals surface area contributed by atoms with Crippen LogP contribution in [0.3, 0.4) is 0 Å². The Morgan fingerprint density at radius 2 is 1.50 bits per heavy atom. The molecule has 0 aromatic carbocycles.